The van der Waals surface area contributed by atoms with E-state index in [1.165, 1.54) is 0 Å². The monoisotopic (exact) mass is 246 g/mol. The molecule has 0 heterocycles. The van der Waals surface area contributed by atoms with Gasteiger partial charge in [-0.3, -0.25) is 9.79 Å². The Balaban J connectivity index is -0.000000439. The molecule has 0 aliphatic rings. The summed E-state index contributed by atoms with van der Waals surface area (Å²) in [6, 6.07) is -0.0748. The molecule has 104 valence electrons. The van der Waals surface area contributed by atoms with Crippen molar-refractivity contribution in [2.45, 2.75) is 53.5 Å². The molecule has 0 saturated heterocycles. The van der Waals surface area contributed by atoms with Crippen molar-refractivity contribution in [1.29, 1.82) is 0 Å². The van der Waals surface area contributed by atoms with Crippen LogP contribution in [0.1, 0.15) is 47.5 Å². The Hall–Kier alpha value is -1.10. The zero-order valence-electron chi connectivity index (χ0n) is 12.2. The van der Waals surface area contributed by atoms with E-state index in [9.17, 15) is 4.79 Å². The molecule has 5 N–H and O–H groups in total. The first-order valence-corrected chi connectivity index (χ1v) is 6.31. The van der Waals surface area contributed by atoms with Gasteiger partial charge in [-0.2, -0.15) is 0 Å². The minimum atomic E-state index is -0.0748. The fourth-order valence-electron chi connectivity index (χ4n) is 1.05. The van der Waals surface area contributed by atoms with Crippen LogP contribution in [-0.4, -0.2) is 31.4 Å². The molecular formula is C12H30N4O. The number of aliphatic imine (C=N–C) groups is 1. The SMILES string of the molecule is CC.CC.CN[C@H](CCCN=C(N)N)C(C)=O. The maximum Gasteiger partial charge on any atom is 0.185 e. The van der Waals surface area contributed by atoms with E-state index >= 15 is 0 Å². The summed E-state index contributed by atoms with van der Waals surface area (Å²) in [5.74, 6) is 0.246. The normalized spacial score (nSPS) is 10.0. The van der Waals surface area contributed by atoms with Gasteiger partial charge in [-0.15, -0.1) is 0 Å². The van der Waals surface area contributed by atoms with Gasteiger partial charge in [0, 0.05) is 6.54 Å². The molecule has 0 fully saturated rings. The van der Waals surface area contributed by atoms with Crippen LogP contribution in [0.5, 0.6) is 0 Å². The summed E-state index contributed by atoms with van der Waals surface area (Å²) < 4.78 is 0. The highest BCUT2D eigenvalue weighted by Crippen LogP contribution is 1.98. The van der Waals surface area contributed by atoms with Gasteiger partial charge in [-0.1, -0.05) is 27.7 Å². The average Bonchev–Trinajstić information content (AvgIpc) is 2.33. The Labute approximate surface area is 106 Å². The number of nitrogens with two attached hydrogens (primary N) is 2. The summed E-state index contributed by atoms with van der Waals surface area (Å²) in [5, 5.41) is 2.93. The standard InChI is InChI=1S/C8H18N4O.2C2H6/c1-6(13)7(11-2)4-3-5-12-8(9)10;2*1-2/h7,11H,3-5H2,1-2H3,(H4,9,10,12);2*1-2H3/t7-;;/m1../s1. The number of rotatable bonds is 6. The minimum Gasteiger partial charge on any atom is -0.370 e. The first kappa shape index (κ1) is 21.2. The molecule has 0 radical (unpaired) electrons. The lowest BCUT2D eigenvalue weighted by molar-refractivity contribution is -0.119. The fourth-order valence-corrected chi connectivity index (χ4v) is 1.05. The highest BCUT2D eigenvalue weighted by atomic mass is 16.1. The first-order valence-electron chi connectivity index (χ1n) is 6.31. The van der Waals surface area contributed by atoms with E-state index in [1.807, 2.05) is 27.7 Å². The predicted octanol–water partition coefficient (Wildman–Crippen LogP) is 1.27. The second-order valence-corrected chi connectivity index (χ2v) is 2.90. The Morgan fingerprint density at radius 3 is 2.00 bits per heavy atom. The maximum absolute atomic E-state index is 11.0. The number of carbonyl (C=O) groups excluding carboxylic acids is 1. The van der Waals surface area contributed by atoms with Gasteiger partial charge in [0.15, 0.2) is 5.96 Å². The molecule has 0 unspecified atom stereocenters. The van der Waals surface area contributed by atoms with Crippen LogP contribution in [0.15, 0.2) is 4.99 Å². The summed E-state index contributed by atoms with van der Waals surface area (Å²) in [5.41, 5.74) is 10.3. The Bertz CT molecular complexity index is 189. The van der Waals surface area contributed by atoms with Crippen LogP contribution in [0.25, 0.3) is 0 Å². The molecule has 0 aromatic carbocycles. The van der Waals surface area contributed by atoms with Crippen LogP contribution in [0, 0.1) is 0 Å². The van der Waals surface area contributed by atoms with Gasteiger partial charge in [0.1, 0.15) is 5.78 Å². The van der Waals surface area contributed by atoms with Gasteiger partial charge >= 0.3 is 0 Å². The van der Waals surface area contributed by atoms with E-state index in [1.54, 1.807) is 14.0 Å². The third kappa shape index (κ3) is 17.5. The second kappa shape index (κ2) is 17.3. The molecule has 0 aromatic rings. The number of nitrogens with zero attached hydrogens (tertiary/aromatic N) is 1. The van der Waals surface area contributed by atoms with Gasteiger partial charge in [-0.25, -0.2) is 0 Å². The van der Waals surface area contributed by atoms with Gasteiger partial charge in [0.05, 0.1) is 6.04 Å². The Morgan fingerprint density at radius 1 is 1.24 bits per heavy atom. The Morgan fingerprint density at radius 2 is 1.71 bits per heavy atom. The third-order valence-corrected chi connectivity index (χ3v) is 1.78. The van der Waals surface area contributed by atoms with Crippen molar-refractivity contribution in [3.63, 3.8) is 0 Å². The first-order chi connectivity index (χ1) is 8.07. The van der Waals surface area contributed by atoms with Gasteiger partial charge in [-0.05, 0) is 26.8 Å². The molecule has 0 aliphatic carbocycles. The zero-order valence-corrected chi connectivity index (χ0v) is 12.2. The average molecular weight is 246 g/mol. The fraction of sp³-hybridized carbons (Fsp3) is 0.833. The summed E-state index contributed by atoms with van der Waals surface area (Å²) >= 11 is 0. The topological polar surface area (TPSA) is 93.5 Å². The van der Waals surface area contributed by atoms with Gasteiger partial charge < -0.3 is 16.8 Å². The number of ketones is 1. The van der Waals surface area contributed by atoms with Gasteiger partial charge in [0.25, 0.3) is 0 Å². The number of likely N-dealkylation sites (N-methyl/N-ethyl adjacent to an activating group) is 1. The molecule has 0 aromatic heterocycles. The lowest BCUT2D eigenvalue weighted by Gasteiger charge is -2.10. The molecule has 0 rings (SSSR count). The third-order valence-electron chi connectivity index (χ3n) is 1.78. The number of hydrogen-bond acceptors (Lipinski definition) is 3. The molecular weight excluding hydrogens is 216 g/mol. The Kier molecular flexibility index (Phi) is 21.6. The number of nitrogens with one attached hydrogen (secondary N) is 1. The molecule has 0 bridgehead atoms. The van der Waals surface area contributed by atoms with Crippen molar-refractivity contribution in [2.75, 3.05) is 13.6 Å². The van der Waals surface area contributed by atoms with Crippen LogP contribution in [0.3, 0.4) is 0 Å². The van der Waals surface area contributed by atoms with Crippen LogP contribution in [0.2, 0.25) is 0 Å². The highest BCUT2D eigenvalue weighted by molar-refractivity contribution is 5.81. The maximum atomic E-state index is 11.0. The summed E-state index contributed by atoms with van der Waals surface area (Å²) in [6.45, 7) is 10.1. The van der Waals surface area contributed by atoms with Gasteiger partial charge in [0.2, 0.25) is 0 Å². The van der Waals surface area contributed by atoms with Crippen molar-refractivity contribution in [2.24, 2.45) is 16.5 Å². The number of hydrogen-bond donors (Lipinski definition) is 3. The van der Waals surface area contributed by atoms with Crippen molar-refractivity contribution in [3.8, 4) is 0 Å². The van der Waals surface area contributed by atoms with Crippen molar-refractivity contribution < 1.29 is 4.79 Å². The van der Waals surface area contributed by atoms with Crippen molar-refractivity contribution in [3.05, 3.63) is 0 Å². The number of carbonyl (C=O) groups is 1. The molecule has 1 atom stereocenters. The van der Waals surface area contributed by atoms with E-state index in [-0.39, 0.29) is 17.8 Å². The quantitative estimate of drug-likeness (QED) is 0.374. The highest BCUT2D eigenvalue weighted by Gasteiger charge is 2.09. The molecule has 0 amide bonds. The van der Waals surface area contributed by atoms with Crippen molar-refractivity contribution in [1.82, 2.24) is 5.32 Å². The number of guanidine groups is 1. The van der Waals surface area contributed by atoms with E-state index in [4.69, 9.17) is 11.5 Å². The summed E-state index contributed by atoms with van der Waals surface area (Å²) in [4.78, 5) is 14.8. The van der Waals surface area contributed by atoms with Crippen LogP contribution in [0.4, 0.5) is 0 Å². The van der Waals surface area contributed by atoms with E-state index in [0.29, 0.717) is 6.54 Å². The minimum absolute atomic E-state index is 0.0748. The number of Topliss-reactive ketones (excluding diaryl/α,β-unsaturated/α-hetero) is 1. The smallest absolute Gasteiger partial charge is 0.185 e. The van der Waals surface area contributed by atoms with E-state index in [0.717, 1.165) is 12.8 Å². The van der Waals surface area contributed by atoms with Crippen LogP contribution in [-0.2, 0) is 4.79 Å². The molecule has 5 nitrogen and oxygen atoms in total. The second-order valence-electron chi connectivity index (χ2n) is 2.90. The molecule has 0 aliphatic heterocycles. The van der Waals surface area contributed by atoms with E-state index in [2.05, 4.69) is 10.3 Å². The summed E-state index contributed by atoms with van der Waals surface area (Å²) in [7, 11) is 1.77. The lowest BCUT2D eigenvalue weighted by Crippen LogP contribution is -2.32. The summed E-state index contributed by atoms with van der Waals surface area (Å²) in [6.07, 6.45) is 1.58. The lowest BCUT2D eigenvalue weighted by atomic mass is 10.1. The van der Waals surface area contributed by atoms with Crippen molar-refractivity contribution >= 4 is 11.7 Å². The largest absolute Gasteiger partial charge is 0.370 e. The molecule has 0 saturated carbocycles. The molecule has 17 heavy (non-hydrogen) atoms. The predicted molar refractivity (Wildman–Crippen MR) is 76.1 cm³/mol. The zero-order chi connectivity index (χ0) is 14.3. The van der Waals surface area contributed by atoms with Crippen LogP contribution >= 0.6 is 0 Å². The van der Waals surface area contributed by atoms with Crippen LogP contribution < -0.4 is 16.8 Å². The molecule has 5 heteroatoms. The molecule has 0 spiro atoms. The van der Waals surface area contributed by atoms with E-state index < -0.39 is 0 Å².